The Bertz CT molecular complexity index is 1250. The number of fused-ring (bicyclic) bond motifs is 1. The minimum Gasteiger partial charge on any atom is -0.343 e. The minimum absolute atomic E-state index is 0.207. The molecule has 0 saturated heterocycles. The smallest absolute Gasteiger partial charge is 0.272 e. The number of aromatic nitrogens is 7. The van der Waals surface area contributed by atoms with Crippen LogP contribution in [0.4, 0.5) is 0 Å². The predicted octanol–water partition coefficient (Wildman–Crippen LogP) is 2.75. The van der Waals surface area contributed by atoms with Gasteiger partial charge in [-0.25, -0.2) is 19.9 Å². The zero-order valence-electron chi connectivity index (χ0n) is 17.6. The van der Waals surface area contributed by atoms with Crippen LogP contribution in [0.1, 0.15) is 53.7 Å². The van der Waals surface area contributed by atoms with E-state index in [1.54, 1.807) is 23.3 Å². The van der Waals surface area contributed by atoms with E-state index in [2.05, 4.69) is 25.4 Å². The summed E-state index contributed by atoms with van der Waals surface area (Å²) in [5.74, 6) is 1.76. The van der Waals surface area contributed by atoms with Gasteiger partial charge >= 0.3 is 0 Å². The van der Waals surface area contributed by atoms with Gasteiger partial charge in [0, 0.05) is 44.2 Å². The molecule has 4 heterocycles. The van der Waals surface area contributed by atoms with E-state index in [4.69, 9.17) is 4.98 Å². The van der Waals surface area contributed by atoms with Crippen LogP contribution in [-0.4, -0.2) is 40.2 Å². The maximum atomic E-state index is 13.0. The quantitative estimate of drug-likeness (QED) is 0.537. The topological polar surface area (TPSA) is 103 Å². The molecular formula is C22H24N8O. The first-order valence-electron chi connectivity index (χ1n) is 10.5. The molecule has 158 valence electrons. The lowest BCUT2D eigenvalue weighted by Crippen LogP contribution is -2.25. The van der Waals surface area contributed by atoms with Crippen LogP contribution < -0.4 is 5.32 Å². The number of pyridine rings is 1. The largest absolute Gasteiger partial charge is 0.343 e. The van der Waals surface area contributed by atoms with Crippen molar-refractivity contribution < 1.29 is 4.79 Å². The summed E-state index contributed by atoms with van der Waals surface area (Å²) in [5, 5.41) is 7.08. The summed E-state index contributed by atoms with van der Waals surface area (Å²) >= 11 is 0. The Kier molecular flexibility index (Phi) is 4.93. The highest BCUT2D eigenvalue weighted by Gasteiger charge is 2.25. The lowest BCUT2D eigenvalue weighted by molar-refractivity contribution is 0.0946. The molecule has 0 unspecified atom stereocenters. The van der Waals surface area contributed by atoms with Crippen LogP contribution in [0.3, 0.4) is 0 Å². The number of nitrogens with zero attached hydrogens (tertiary/aromatic N) is 7. The molecule has 1 saturated carbocycles. The molecule has 0 atom stereocenters. The molecule has 0 spiro atoms. The van der Waals surface area contributed by atoms with E-state index < -0.39 is 0 Å². The third kappa shape index (κ3) is 3.67. The van der Waals surface area contributed by atoms with Gasteiger partial charge < -0.3 is 9.88 Å². The average Bonchev–Trinajstić information content (AvgIpc) is 3.53. The summed E-state index contributed by atoms with van der Waals surface area (Å²) in [6.07, 6.45) is 11.7. The average molecular weight is 416 g/mol. The number of aryl methyl sites for hydroxylation is 2. The Hall–Kier alpha value is -3.62. The van der Waals surface area contributed by atoms with E-state index >= 15 is 0 Å². The number of hydrogen-bond acceptors (Lipinski definition) is 6. The molecule has 1 aliphatic rings. The first kappa shape index (κ1) is 19.3. The number of amides is 1. The number of imidazole rings is 1. The van der Waals surface area contributed by atoms with Gasteiger partial charge in [-0.3, -0.25) is 9.48 Å². The van der Waals surface area contributed by atoms with Gasteiger partial charge in [0.15, 0.2) is 5.69 Å². The second-order valence-corrected chi connectivity index (χ2v) is 7.98. The Labute approximate surface area is 179 Å². The van der Waals surface area contributed by atoms with Gasteiger partial charge in [-0.2, -0.15) is 5.10 Å². The zero-order valence-corrected chi connectivity index (χ0v) is 17.6. The number of carbonyl (C=O) groups is 1. The van der Waals surface area contributed by atoms with Gasteiger partial charge in [0.05, 0.1) is 29.5 Å². The Morgan fingerprint density at radius 3 is 2.71 bits per heavy atom. The van der Waals surface area contributed by atoms with Crippen LogP contribution in [-0.2, 0) is 20.6 Å². The monoisotopic (exact) mass is 416 g/mol. The van der Waals surface area contributed by atoms with Crippen molar-refractivity contribution in [3.63, 3.8) is 0 Å². The van der Waals surface area contributed by atoms with Crippen LogP contribution in [0.2, 0.25) is 0 Å². The third-order valence-electron chi connectivity index (χ3n) is 5.87. The van der Waals surface area contributed by atoms with Crippen LogP contribution in [0, 0.1) is 0 Å². The maximum absolute atomic E-state index is 13.0. The van der Waals surface area contributed by atoms with Crippen molar-refractivity contribution in [1.82, 2.24) is 39.6 Å². The van der Waals surface area contributed by atoms with E-state index in [1.807, 2.05) is 37.0 Å². The van der Waals surface area contributed by atoms with E-state index in [9.17, 15) is 4.79 Å². The van der Waals surface area contributed by atoms with E-state index in [0.717, 1.165) is 41.0 Å². The summed E-state index contributed by atoms with van der Waals surface area (Å²) < 4.78 is 3.76. The van der Waals surface area contributed by atoms with Crippen molar-refractivity contribution in [2.75, 3.05) is 0 Å². The van der Waals surface area contributed by atoms with Crippen LogP contribution in [0.5, 0.6) is 0 Å². The first-order chi connectivity index (χ1) is 15.1. The van der Waals surface area contributed by atoms with E-state index in [1.165, 1.54) is 12.8 Å². The molecule has 0 bridgehead atoms. The fourth-order valence-corrected chi connectivity index (χ4v) is 4.33. The molecule has 1 N–H and O–H groups in total. The van der Waals surface area contributed by atoms with Crippen molar-refractivity contribution in [3.05, 3.63) is 54.3 Å². The summed E-state index contributed by atoms with van der Waals surface area (Å²) in [6, 6.07) is 3.69. The summed E-state index contributed by atoms with van der Waals surface area (Å²) in [4.78, 5) is 31.0. The Morgan fingerprint density at radius 1 is 1.13 bits per heavy atom. The van der Waals surface area contributed by atoms with Gasteiger partial charge in [0.1, 0.15) is 11.6 Å². The second-order valence-electron chi connectivity index (χ2n) is 7.98. The lowest BCUT2D eigenvalue weighted by atomic mass is 10.1. The molecule has 4 aromatic rings. The van der Waals surface area contributed by atoms with Gasteiger partial charge in [0.2, 0.25) is 0 Å². The summed E-state index contributed by atoms with van der Waals surface area (Å²) in [5.41, 5.74) is 3.62. The minimum atomic E-state index is -0.262. The Morgan fingerprint density at radius 2 is 1.94 bits per heavy atom. The molecule has 9 heteroatoms. The Balaban J connectivity index is 1.37. The van der Waals surface area contributed by atoms with Crippen molar-refractivity contribution in [3.8, 4) is 11.3 Å². The van der Waals surface area contributed by atoms with E-state index in [-0.39, 0.29) is 12.5 Å². The SMILES string of the molecule is Cn1cc(-c2ccnc(CNC(=O)c3nccc4nc(C5CCCC5)n(C)c34)n2)cn1. The fourth-order valence-electron chi connectivity index (χ4n) is 4.33. The lowest BCUT2D eigenvalue weighted by Gasteiger charge is -2.10. The molecule has 4 aromatic heterocycles. The molecule has 0 aliphatic heterocycles. The fraction of sp³-hybridized carbons (Fsp3) is 0.364. The normalized spacial score (nSPS) is 14.4. The third-order valence-corrected chi connectivity index (χ3v) is 5.87. The zero-order chi connectivity index (χ0) is 21.4. The van der Waals surface area contributed by atoms with Crippen molar-refractivity contribution in [2.45, 2.75) is 38.1 Å². The van der Waals surface area contributed by atoms with Gasteiger partial charge in [-0.1, -0.05) is 12.8 Å². The summed E-state index contributed by atoms with van der Waals surface area (Å²) in [7, 11) is 3.83. The number of nitrogens with one attached hydrogen (secondary N) is 1. The second kappa shape index (κ2) is 7.90. The standard InChI is InChI=1S/C22H24N8O/c1-29-13-15(11-26-29)16-7-9-23-18(27-16)12-25-22(31)19-20-17(8-10-24-19)28-21(30(20)2)14-5-3-4-6-14/h7-11,13-14H,3-6,12H2,1-2H3,(H,25,31). The molecular weight excluding hydrogens is 392 g/mol. The molecule has 1 fully saturated rings. The predicted molar refractivity (Wildman–Crippen MR) is 115 cm³/mol. The maximum Gasteiger partial charge on any atom is 0.272 e. The van der Waals surface area contributed by atoms with Crippen molar-refractivity contribution in [1.29, 1.82) is 0 Å². The highest BCUT2D eigenvalue weighted by molar-refractivity contribution is 6.03. The summed E-state index contributed by atoms with van der Waals surface area (Å²) in [6.45, 7) is 0.207. The van der Waals surface area contributed by atoms with Gasteiger partial charge in [-0.05, 0) is 25.0 Å². The highest BCUT2D eigenvalue weighted by atomic mass is 16.1. The van der Waals surface area contributed by atoms with Gasteiger partial charge in [0.25, 0.3) is 5.91 Å². The molecule has 31 heavy (non-hydrogen) atoms. The highest BCUT2D eigenvalue weighted by Crippen LogP contribution is 2.35. The molecule has 0 aromatic carbocycles. The molecule has 0 radical (unpaired) electrons. The first-order valence-corrected chi connectivity index (χ1v) is 10.5. The van der Waals surface area contributed by atoms with Crippen molar-refractivity contribution >= 4 is 16.9 Å². The molecule has 9 nitrogen and oxygen atoms in total. The molecule has 1 amide bonds. The number of rotatable bonds is 5. The number of hydrogen-bond donors (Lipinski definition) is 1. The molecule has 5 rings (SSSR count). The molecule has 1 aliphatic carbocycles. The van der Waals surface area contributed by atoms with Crippen LogP contribution >= 0.6 is 0 Å². The van der Waals surface area contributed by atoms with Gasteiger partial charge in [-0.15, -0.1) is 0 Å². The van der Waals surface area contributed by atoms with Crippen molar-refractivity contribution in [2.24, 2.45) is 14.1 Å². The van der Waals surface area contributed by atoms with Crippen LogP contribution in [0.25, 0.3) is 22.3 Å². The van der Waals surface area contributed by atoms with E-state index in [0.29, 0.717) is 17.4 Å². The van der Waals surface area contributed by atoms with Crippen LogP contribution in [0.15, 0.2) is 36.9 Å². The number of carbonyl (C=O) groups excluding carboxylic acids is 1.